The van der Waals surface area contributed by atoms with Gasteiger partial charge in [0.25, 0.3) is 0 Å². The average molecular weight is 407 g/mol. The first kappa shape index (κ1) is 22.7. The molecule has 2 nitrogen and oxygen atoms in total. The molecule has 0 heterocycles. The van der Waals surface area contributed by atoms with E-state index in [0.717, 1.165) is 43.1 Å². The van der Waals surface area contributed by atoms with Crippen LogP contribution < -0.4 is 0 Å². The molecule has 0 radical (unpaired) electrons. The summed E-state index contributed by atoms with van der Waals surface area (Å²) in [5.41, 5.74) is 1.80. The fraction of sp³-hybridized carbons (Fsp3) is 0.607. The molecule has 2 aliphatic carbocycles. The maximum atomic E-state index is 12.3. The molecule has 0 spiro atoms. The Morgan fingerprint density at radius 3 is 2.40 bits per heavy atom. The van der Waals surface area contributed by atoms with Crippen molar-refractivity contribution in [1.29, 1.82) is 0 Å². The van der Waals surface area contributed by atoms with Gasteiger partial charge in [0, 0.05) is 5.92 Å². The van der Waals surface area contributed by atoms with Crippen molar-refractivity contribution in [3.8, 4) is 11.8 Å². The van der Waals surface area contributed by atoms with Gasteiger partial charge in [-0.2, -0.15) is 0 Å². The van der Waals surface area contributed by atoms with Crippen LogP contribution in [0.3, 0.4) is 0 Å². The Kier molecular flexibility index (Phi) is 9.06. The summed E-state index contributed by atoms with van der Waals surface area (Å²) in [6.45, 7) is 4.31. The van der Waals surface area contributed by atoms with Crippen molar-refractivity contribution in [2.24, 2.45) is 17.8 Å². The largest absolute Gasteiger partial charge is 0.459 e. The monoisotopic (exact) mass is 406 g/mol. The van der Waals surface area contributed by atoms with Gasteiger partial charge in [-0.3, -0.25) is 0 Å². The quantitative estimate of drug-likeness (QED) is 0.367. The molecule has 1 aromatic rings. The molecule has 2 aliphatic rings. The molecule has 3 rings (SSSR count). The van der Waals surface area contributed by atoms with Crippen LogP contribution in [0, 0.1) is 36.5 Å². The fourth-order valence-electron chi connectivity index (χ4n) is 4.75. The Morgan fingerprint density at radius 1 is 1.03 bits per heavy atom. The lowest BCUT2D eigenvalue weighted by atomic mass is 9.80. The van der Waals surface area contributed by atoms with E-state index in [0.29, 0.717) is 11.5 Å². The van der Waals surface area contributed by atoms with Crippen LogP contribution in [-0.4, -0.2) is 12.1 Å². The highest BCUT2D eigenvalue weighted by molar-refractivity contribution is 5.89. The van der Waals surface area contributed by atoms with E-state index < -0.39 is 0 Å². The number of hydrogen-bond donors (Lipinski definition) is 0. The van der Waals surface area contributed by atoms with Gasteiger partial charge in [0.15, 0.2) is 0 Å². The molecule has 1 aromatic carbocycles. The van der Waals surface area contributed by atoms with Crippen LogP contribution in [0.4, 0.5) is 0 Å². The number of allylic oxidation sites excluding steroid dienone is 2. The summed E-state index contributed by atoms with van der Waals surface area (Å²) in [7, 11) is 0. The summed E-state index contributed by atoms with van der Waals surface area (Å²) >= 11 is 0. The number of ether oxygens (including phenoxy) is 1. The average Bonchev–Trinajstić information content (AvgIpc) is 2.77. The number of carbonyl (C=O) groups is 1. The highest BCUT2D eigenvalue weighted by Crippen LogP contribution is 2.32. The Bertz CT molecular complexity index is 733. The Labute approximate surface area is 183 Å². The van der Waals surface area contributed by atoms with E-state index in [9.17, 15) is 4.79 Å². The molecule has 0 unspecified atom stereocenters. The second kappa shape index (κ2) is 12.0. The minimum absolute atomic E-state index is 0.0373. The third-order valence-corrected chi connectivity index (χ3v) is 6.83. The highest BCUT2D eigenvalue weighted by Gasteiger charge is 2.23. The summed E-state index contributed by atoms with van der Waals surface area (Å²) in [5, 5.41) is 0. The standard InChI is InChI=1S/C28H38O2/c1-3-4-7-23-12-14-24(15-13-23)8-5-6-9-25-16-20-27(21-17-25)30-28(29)26-18-10-22(2)11-19-26/h5,8,10-11,18-19,23-25,27H,3-4,7,12-17,20-21H2,1-2H3. The Balaban J connectivity index is 1.34. The maximum Gasteiger partial charge on any atom is 0.338 e. The number of benzene rings is 1. The molecule has 0 atom stereocenters. The summed E-state index contributed by atoms with van der Waals surface area (Å²) < 4.78 is 5.70. The number of rotatable bonds is 6. The van der Waals surface area contributed by atoms with Gasteiger partial charge in [0.05, 0.1) is 5.56 Å². The van der Waals surface area contributed by atoms with Crippen LogP contribution in [0.15, 0.2) is 36.4 Å². The zero-order valence-corrected chi connectivity index (χ0v) is 18.9. The van der Waals surface area contributed by atoms with Crippen molar-refractivity contribution in [2.45, 2.75) is 90.6 Å². The van der Waals surface area contributed by atoms with Crippen LogP contribution in [0.1, 0.15) is 93.5 Å². The normalized spacial score (nSPS) is 26.7. The lowest BCUT2D eigenvalue weighted by Gasteiger charge is -2.26. The molecule has 0 aromatic heterocycles. The fourth-order valence-corrected chi connectivity index (χ4v) is 4.75. The molecule has 30 heavy (non-hydrogen) atoms. The van der Waals surface area contributed by atoms with E-state index in [2.05, 4.69) is 30.9 Å². The Hall–Kier alpha value is -2.01. The van der Waals surface area contributed by atoms with Gasteiger partial charge in [-0.1, -0.05) is 61.8 Å². The highest BCUT2D eigenvalue weighted by atomic mass is 16.5. The zero-order chi connectivity index (χ0) is 21.2. The predicted octanol–water partition coefficient (Wildman–Crippen LogP) is 7.27. The van der Waals surface area contributed by atoms with Gasteiger partial charge in [-0.25, -0.2) is 4.79 Å². The maximum absolute atomic E-state index is 12.3. The van der Waals surface area contributed by atoms with E-state index in [1.165, 1.54) is 44.9 Å². The van der Waals surface area contributed by atoms with Gasteiger partial charge in [-0.15, -0.1) is 0 Å². The summed E-state index contributed by atoms with van der Waals surface area (Å²) in [6.07, 6.45) is 18.0. The van der Waals surface area contributed by atoms with Gasteiger partial charge < -0.3 is 4.74 Å². The second-order valence-corrected chi connectivity index (χ2v) is 9.32. The molecular formula is C28H38O2. The summed E-state index contributed by atoms with van der Waals surface area (Å²) in [5.74, 6) is 8.67. The molecule has 0 bridgehead atoms. The van der Waals surface area contributed by atoms with E-state index in [1.807, 2.05) is 31.2 Å². The molecule has 162 valence electrons. The number of hydrogen-bond acceptors (Lipinski definition) is 2. The minimum atomic E-state index is -0.197. The second-order valence-electron chi connectivity index (χ2n) is 9.32. The van der Waals surface area contributed by atoms with E-state index in [-0.39, 0.29) is 12.1 Å². The van der Waals surface area contributed by atoms with Gasteiger partial charge in [-0.05, 0) is 88.3 Å². The molecule has 0 saturated heterocycles. The van der Waals surface area contributed by atoms with Crippen molar-refractivity contribution in [2.75, 3.05) is 0 Å². The van der Waals surface area contributed by atoms with Crippen LogP contribution >= 0.6 is 0 Å². The van der Waals surface area contributed by atoms with Crippen molar-refractivity contribution in [3.05, 3.63) is 47.5 Å². The molecule has 2 fully saturated rings. The van der Waals surface area contributed by atoms with Crippen molar-refractivity contribution in [3.63, 3.8) is 0 Å². The zero-order valence-electron chi connectivity index (χ0n) is 18.9. The van der Waals surface area contributed by atoms with Crippen LogP contribution in [0.5, 0.6) is 0 Å². The Morgan fingerprint density at radius 2 is 1.73 bits per heavy atom. The molecule has 0 amide bonds. The van der Waals surface area contributed by atoms with Gasteiger partial charge in [0.1, 0.15) is 6.10 Å². The minimum Gasteiger partial charge on any atom is -0.459 e. The van der Waals surface area contributed by atoms with Crippen LogP contribution in [-0.2, 0) is 4.74 Å². The van der Waals surface area contributed by atoms with Gasteiger partial charge in [0.2, 0.25) is 0 Å². The molecule has 2 heteroatoms. The lowest BCUT2D eigenvalue weighted by Crippen LogP contribution is -2.24. The summed E-state index contributed by atoms with van der Waals surface area (Å²) in [4.78, 5) is 12.3. The first-order valence-electron chi connectivity index (χ1n) is 12.1. The van der Waals surface area contributed by atoms with Crippen molar-refractivity contribution in [1.82, 2.24) is 0 Å². The van der Waals surface area contributed by atoms with E-state index >= 15 is 0 Å². The lowest BCUT2D eigenvalue weighted by molar-refractivity contribution is 0.0188. The topological polar surface area (TPSA) is 26.3 Å². The smallest absolute Gasteiger partial charge is 0.338 e. The SMILES string of the molecule is CCCCC1CCC(C=CC#CC2CCC(OC(=O)c3ccc(C)cc3)CC2)CC1. The molecular weight excluding hydrogens is 368 g/mol. The first-order chi connectivity index (χ1) is 14.6. The molecule has 0 N–H and O–H groups in total. The number of unbranched alkanes of at least 4 members (excludes halogenated alkanes) is 1. The predicted molar refractivity (Wildman–Crippen MR) is 124 cm³/mol. The van der Waals surface area contributed by atoms with Crippen molar-refractivity contribution < 1.29 is 9.53 Å². The first-order valence-corrected chi connectivity index (χ1v) is 12.1. The third-order valence-electron chi connectivity index (χ3n) is 6.83. The number of esters is 1. The molecule has 0 aliphatic heterocycles. The van der Waals surface area contributed by atoms with E-state index in [1.54, 1.807) is 0 Å². The van der Waals surface area contributed by atoms with Crippen LogP contribution in [0.2, 0.25) is 0 Å². The third kappa shape index (κ3) is 7.35. The van der Waals surface area contributed by atoms with Crippen LogP contribution in [0.25, 0.3) is 0 Å². The molecule has 2 saturated carbocycles. The summed E-state index contributed by atoms with van der Waals surface area (Å²) in [6, 6.07) is 7.60. The van der Waals surface area contributed by atoms with Gasteiger partial charge >= 0.3 is 5.97 Å². The number of aryl methyl sites for hydroxylation is 1. The van der Waals surface area contributed by atoms with E-state index in [4.69, 9.17) is 4.74 Å². The number of carbonyl (C=O) groups excluding carboxylic acids is 1. The van der Waals surface area contributed by atoms with Crippen molar-refractivity contribution >= 4 is 5.97 Å².